The monoisotopic (exact) mass is 313 g/mol. The van der Waals surface area contributed by atoms with E-state index in [2.05, 4.69) is 20.4 Å². The van der Waals surface area contributed by atoms with E-state index in [1.165, 1.54) is 10.6 Å². The van der Waals surface area contributed by atoms with Crippen LogP contribution in [0.3, 0.4) is 0 Å². The molecule has 0 amide bonds. The van der Waals surface area contributed by atoms with Crippen molar-refractivity contribution in [3.05, 3.63) is 57.3 Å². The smallest absolute Gasteiger partial charge is 0.277 e. The van der Waals surface area contributed by atoms with Crippen LogP contribution in [0.4, 0.5) is 10.3 Å². The van der Waals surface area contributed by atoms with E-state index in [4.69, 9.17) is 0 Å². The standard InChI is InChI=1S/C16H16FN5O/c17-12-7-3-1-5-10(12)9-18-15-20-16-19-13-8-4-2-6-11(13)14(23)22(16)21-15/h1,3,5,7H,2,4,6,8-9H2,(H2,18,19,20,21). The average molecular weight is 313 g/mol. The molecule has 7 heteroatoms. The highest BCUT2D eigenvalue weighted by Crippen LogP contribution is 2.17. The molecule has 23 heavy (non-hydrogen) atoms. The van der Waals surface area contributed by atoms with Crippen molar-refractivity contribution in [1.82, 2.24) is 19.6 Å². The van der Waals surface area contributed by atoms with Gasteiger partial charge in [-0.25, -0.2) is 9.37 Å². The summed E-state index contributed by atoms with van der Waals surface area (Å²) < 4.78 is 15.0. The Labute approximate surface area is 131 Å². The van der Waals surface area contributed by atoms with Crippen molar-refractivity contribution in [2.24, 2.45) is 0 Å². The zero-order chi connectivity index (χ0) is 15.8. The van der Waals surface area contributed by atoms with Gasteiger partial charge in [0.1, 0.15) is 5.82 Å². The lowest BCUT2D eigenvalue weighted by atomic mass is 9.97. The van der Waals surface area contributed by atoms with Crippen LogP contribution in [0, 0.1) is 5.82 Å². The molecule has 2 N–H and O–H groups in total. The van der Waals surface area contributed by atoms with Crippen LogP contribution >= 0.6 is 0 Å². The minimum atomic E-state index is -0.276. The molecule has 6 nitrogen and oxygen atoms in total. The highest BCUT2D eigenvalue weighted by atomic mass is 19.1. The maximum absolute atomic E-state index is 13.6. The Bertz CT molecular complexity index is 930. The number of aromatic amines is 1. The summed E-state index contributed by atoms with van der Waals surface area (Å²) in [6.45, 7) is 0.279. The van der Waals surface area contributed by atoms with Crippen molar-refractivity contribution >= 4 is 11.7 Å². The number of fused-ring (bicyclic) bond motifs is 2. The van der Waals surface area contributed by atoms with E-state index >= 15 is 0 Å². The van der Waals surface area contributed by atoms with Crippen molar-refractivity contribution < 1.29 is 4.39 Å². The summed E-state index contributed by atoms with van der Waals surface area (Å²) in [7, 11) is 0. The number of hydrogen-bond donors (Lipinski definition) is 2. The number of aryl methyl sites for hydroxylation is 1. The quantitative estimate of drug-likeness (QED) is 0.776. The van der Waals surface area contributed by atoms with Crippen LogP contribution in [0.1, 0.15) is 29.7 Å². The molecule has 0 fully saturated rings. The first-order valence-electron chi connectivity index (χ1n) is 7.70. The topological polar surface area (TPSA) is 75.1 Å². The summed E-state index contributed by atoms with van der Waals surface area (Å²) in [5.74, 6) is 0.480. The third-order valence-corrected chi connectivity index (χ3v) is 4.17. The van der Waals surface area contributed by atoms with Crippen LogP contribution in [-0.4, -0.2) is 19.6 Å². The average Bonchev–Trinajstić information content (AvgIpc) is 2.98. The van der Waals surface area contributed by atoms with Gasteiger partial charge >= 0.3 is 0 Å². The molecule has 0 radical (unpaired) electrons. The van der Waals surface area contributed by atoms with Gasteiger partial charge in [0, 0.05) is 17.7 Å². The lowest BCUT2D eigenvalue weighted by Gasteiger charge is -2.12. The molecule has 2 heterocycles. The summed E-state index contributed by atoms with van der Waals surface area (Å²) in [6.07, 6.45) is 3.66. The normalized spacial score (nSPS) is 14.0. The molecule has 4 rings (SSSR count). The van der Waals surface area contributed by atoms with Gasteiger partial charge in [-0.15, -0.1) is 0 Å². The number of anilines is 1. The first-order valence-corrected chi connectivity index (χ1v) is 7.70. The van der Waals surface area contributed by atoms with E-state index in [0.717, 1.165) is 36.9 Å². The van der Waals surface area contributed by atoms with Crippen LogP contribution < -0.4 is 10.9 Å². The van der Waals surface area contributed by atoms with Gasteiger partial charge in [0.05, 0.1) is 5.69 Å². The number of aromatic nitrogens is 4. The van der Waals surface area contributed by atoms with Crippen LogP contribution in [0.5, 0.6) is 0 Å². The van der Waals surface area contributed by atoms with E-state index in [1.54, 1.807) is 18.2 Å². The number of H-pyrrole nitrogens is 1. The predicted octanol–water partition coefficient (Wildman–Crippen LogP) is 2.05. The van der Waals surface area contributed by atoms with Crippen molar-refractivity contribution in [2.75, 3.05) is 5.32 Å². The molecule has 118 valence electrons. The maximum Gasteiger partial charge on any atom is 0.277 e. The SMILES string of the molecule is O=c1c2c(nc3nc(NCc4ccccc4F)[nH]n13)CCCC2. The maximum atomic E-state index is 13.6. The molecule has 1 aliphatic rings. The Morgan fingerprint density at radius 1 is 1.22 bits per heavy atom. The number of nitrogens with zero attached hydrogens (tertiary/aromatic N) is 3. The Kier molecular flexibility index (Phi) is 3.33. The van der Waals surface area contributed by atoms with Gasteiger partial charge in [0.15, 0.2) is 0 Å². The third kappa shape index (κ3) is 2.48. The van der Waals surface area contributed by atoms with Crippen LogP contribution in [-0.2, 0) is 19.4 Å². The van der Waals surface area contributed by atoms with Gasteiger partial charge in [-0.05, 0) is 31.7 Å². The summed E-state index contributed by atoms with van der Waals surface area (Å²) in [5.41, 5.74) is 2.08. The second-order valence-electron chi connectivity index (χ2n) is 5.70. The van der Waals surface area contributed by atoms with Gasteiger partial charge in [-0.1, -0.05) is 18.2 Å². The molecule has 0 spiro atoms. The molecule has 0 saturated carbocycles. The number of nitrogens with one attached hydrogen (secondary N) is 2. The Morgan fingerprint density at radius 3 is 2.91 bits per heavy atom. The zero-order valence-electron chi connectivity index (χ0n) is 12.5. The molecular weight excluding hydrogens is 297 g/mol. The van der Waals surface area contributed by atoms with Gasteiger partial charge in [-0.3, -0.25) is 9.89 Å². The van der Waals surface area contributed by atoms with Crippen molar-refractivity contribution in [2.45, 2.75) is 32.2 Å². The number of benzene rings is 1. The molecule has 0 unspecified atom stereocenters. The zero-order valence-corrected chi connectivity index (χ0v) is 12.5. The Hall–Kier alpha value is -2.70. The molecule has 2 aromatic heterocycles. The van der Waals surface area contributed by atoms with E-state index in [-0.39, 0.29) is 17.9 Å². The fourth-order valence-electron chi connectivity index (χ4n) is 2.95. The second kappa shape index (κ2) is 5.49. The first-order chi connectivity index (χ1) is 11.2. The van der Waals surface area contributed by atoms with Crippen molar-refractivity contribution in [3.63, 3.8) is 0 Å². The molecule has 3 aromatic rings. The summed E-state index contributed by atoms with van der Waals surface area (Å²) in [6, 6.07) is 6.54. The van der Waals surface area contributed by atoms with Crippen LogP contribution in [0.25, 0.3) is 5.78 Å². The summed E-state index contributed by atoms with van der Waals surface area (Å²) >= 11 is 0. The van der Waals surface area contributed by atoms with Gasteiger partial charge in [0.25, 0.3) is 11.3 Å². The fourth-order valence-corrected chi connectivity index (χ4v) is 2.95. The highest BCUT2D eigenvalue weighted by Gasteiger charge is 2.18. The summed E-state index contributed by atoms with van der Waals surface area (Å²) in [4.78, 5) is 21.2. The minimum absolute atomic E-state index is 0.0869. The molecule has 0 bridgehead atoms. The van der Waals surface area contributed by atoms with Gasteiger partial charge in [-0.2, -0.15) is 9.50 Å². The number of halogens is 1. The van der Waals surface area contributed by atoms with Gasteiger partial charge < -0.3 is 5.32 Å². The predicted molar refractivity (Wildman–Crippen MR) is 84.0 cm³/mol. The molecule has 0 saturated heterocycles. The Balaban J connectivity index is 1.65. The van der Waals surface area contributed by atoms with Crippen molar-refractivity contribution in [3.8, 4) is 0 Å². The molecule has 0 atom stereocenters. The number of rotatable bonds is 3. The fraction of sp³-hybridized carbons (Fsp3) is 0.312. The minimum Gasteiger partial charge on any atom is -0.350 e. The first kappa shape index (κ1) is 13.9. The largest absolute Gasteiger partial charge is 0.350 e. The van der Waals surface area contributed by atoms with Crippen LogP contribution in [0.2, 0.25) is 0 Å². The van der Waals surface area contributed by atoms with Crippen molar-refractivity contribution in [1.29, 1.82) is 0 Å². The van der Waals surface area contributed by atoms with Gasteiger partial charge in [0.2, 0.25) is 5.95 Å². The van der Waals surface area contributed by atoms with E-state index in [0.29, 0.717) is 17.3 Å². The molecule has 1 aromatic carbocycles. The van der Waals surface area contributed by atoms with E-state index in [1.807, 2.05) is 0 Å². The van der Waals surface area contributed by atoms with E-state index in [9.17, 15) is 9.18 Å². The highest BCUT2D eigenvalue weighted by molar-refractivity contribution is 5.40. The number of hydrogen-bond acceptors (Lipinski definition) is 4. The lowest BCUT2D eigenvalue weighted by molar-refractivity contribution is 0.612. The molecular formula is C16H16FN5O. The second-order valence-corrected chi connectivity index (χ2v) is 5.70. The Morgan fingerprint density at radius 2 is 2.04 bits per heavy atom. The third-order valence-electron chi connectivity index (χ3n) is 4.17. The summed E-state index contributed by atoms with van der Waals surface area (Å²) in [5, 5.41) is 5.90. The lowest BCUT2D eigenvalue weighted by Crippen LogP contribution is -2.25. The molecule has 0 aliphatic heterocycles. The van der Waals surface area contributed by atoms with Crippen LogP contribution in [0.15, 0.2) is 29.1 Å². The van der Waals surface area contributed by atoms with E-state index < -0.39 is 0 Å². The molecule has 1 aliphatic carbocycles.